The lowest BCUT2D eigenvalue weighted by atomic mass is 10.2. The summed E-state index contributed by atoms with van der Waals surface area (Å²) in [7, 11) is 0. The van der Waals surface area contributed by atoms with E-state index in [1.807, 2.05) is 48.2 Å². The van der Waals surface area contributed by atoms with Crippen molar-refractivity contribution in [2.24, 2.45) is 0 Å². The largest absolute Gasteiger partial charge is 0.494 e. The van der Waals surface area contributed by atoms with Crippen molar-refractivity contribution < 1.29 is 9.53 Å². The first-order valence-electron chi connectivity index (χ1n) is 9.31. The highest BCUT2D eigenvalue weighted by atomic mass is 32.2. The van der Waals surface area contributed by atoms with Gasteiger partial charge in [0.05, 0.1) is 23.4 Å². The van der Waals surface area contributed by atoms with Crippen molar-refractivity contribution in [3.05, 3.63) is 54.1 Å². The maximum absolute atomic E-state index is 12.8. The molecule has 1 aromatic heterocycles. The van der Waals surface area contributed by atoms with Gasteiger partial charge < -0.3 is 14.6 Å². The van der Waals surface area contributed by atoms with Gasteiger partial charge >= 0.3 is 0 Å². The molecular formula is C21H23N3O2S. The minimum atomic E-state index is 0.168. The third-order valence-corrected chi connectivity index (χ3v) is 5.44. The van der Waals surface area contributed by atoms with E-state index in [-0.39, 0.29) is 5.91 Å². The fourth-order valence-electron chi connectivity index (χ4n) is 3.09. The lowest BCUT2D eigenvalue weighted by Gasteiger charge is -2.22. The molecule has 1 aliphatic rings. The molecule has 1 saturated carbocycles. The van der Waals surface area contributed by atoms with Gasteiger partial charge in [-0.15, -0.1) is 0 Å². The van der Waals surface area contributed by atoms with Gasteiger partial charge in [-0.05, 0) is 37.5 Å². The highest BCUT2D eigenvalue weighted by molar-refractivity contribution is 7.99. The SMILES string of the molecule is CCOc1ccc2nc(SCC(=O)N(Cc3ccccc3)C3CC3)[nH]c2c1. The summed E-state index contributed by atoms with van der Waals surface area (Å²) < 4.78 is 5.53. The second-order valence-electron chi connectivity index (χ2n) is 6.68. The first kappa shape index (κ1) is 17.9. The third kappa shape index (κ3) is 4.45. The minimum absolute atomic E-state index is 0.168. The fraction of sp³-hybridized carbons (Fsp3) is 0.333. The molecule has 1 amide bonds. The summed E-state index contributed by atoms with van der Waals surface area (Å²) in [6, 6.07) is 16.4. The Hall–Kier alpha value is -2.47. The van der Waals surface area contributed by atoms with Crippen LogP contribution < -0.4 is 4.74 Å². The summed E-state index contributed by atoms with van der Waals surface area (Å²) in [4.78, 5) is 22.7. The molecule has 1 aliphatic carbocycles. The zero-order valence-corrected chi connectivity index (χ0v) is 16.2. The number of carbonyl (C=O) groups excluding carboxylic acids is 1. The minimum Gasteiger partial charge on any atom is -0.494 e. The number of rotatable bonds is 8. The molecule has 0 atom stereocenters. The van der Waals surface area contributed by atoms with E-state index in [4.69, 9.17) is 4.74 Å². The first-order valence-corrected chi connectivity index (χ1v) is 10.3. The normalized spacial score (nSPS) is 13.7. The van der Waals surface area contributed by atoms with Crippen LogP contribution in [0.1, 0.15) is 25.3 Å². The van der Waals surface area contributed by atoms with E-state index in [0.29, 0.717) is 24.9 Å². The lowest BCUT2D eigenvalue weighted by Crippen LogP contribution is -2.33. The maximum Gasteiger partial charge on any atom is 0.233 e. The number of aromatic amines is 1. The number of hydrogen-bond acceptors (Lipinski definition) is 4. The summed E-state index contributed by atoms with van der Waals surface area (Å²) in [6.07, 6.45) is 2.21. The molecule has 140 valence electrons. The Labute approximate surface area is 163 Å². The van der Waals surface area contributed by atoms with E-state index in [2.05, 4.69) is 22.1 Å². The summed E-state index contributed by atoms with van der Waals surface area (Å²) in [5, 5.41) is 0.766. The van der Waals surface area contributed by atoms with Crippen molar-refractivity contribution in [2.75, 3.05) is 12.4 Å². The van der Waals surface area contributed by atoms with Crippen LogP contribution in [0.15, 0.2) is 53.7 Å². The molecule has 1 N–H and O–H groups in total. The third-order valence-electron chi connectivity index (χ3n) is 4.58. The molecule has 0 saturated heterocycles. The number of amides is 1. The van der Waals surface area contributed by atoms with Crippen LogP contribution in [0.2, 0.25) is 0 Å². The monoisotopic (exact) mass is 381 g/mol. The molecule has 3 aromatic rings. The van der Waals surface area contributed by atoms with E-state index in [0.717, 1.165) is 34.8 Å². The van der Waals surface area contributed by atoms with Crippen molar-refractivity contribution >= 4 is 28.7 Å². The van der Waals surface area contributed by atoms with Crippen LogP contribution >= 0.6 is 11.8 Å². The standard InChI is InChI=1S/C21H23N3O2S/c1-2-26-17-10-11-18-19(12-17)23-21(22-18)27-14-20(25)24(16-8-9-16)13-15-6-4-3-5-7-15/h3-7,10-12,16H,2,8-9,13-14H2,1H3,(H,22,23). The van der Waals surface area contributed by atoms with Crippen LogP contribution in [0.3, 0.4) is 0 Å². The molecule has 1 fully saturated rings. The van der Waals surface area contributed by atoms with Crippen molar-refractivity contribution in [1.29, 1.82) is 0 Å². The van der Waals surface area contributed by atoms with Gasteiger partial charge in [-0.2, -0.15) is 0 Å². The average molecular weight is 382 g/mol. The summed E-state index contributed by atoms with van der Waals surface area (Å²) in [5.74, 6) is 1.38. The highest BCUT2D eigenvalue weighted by Gasteiger charge is 2.32. The van der Waals surface area contributed by atoms with Gasteiger partial charge in [-0.3, -0.25) is 4.79 Å². The zero-order valence-electron chi connectivity index (χ0n) is 15.4. The van der Waals surface area contributed by atoms with E-state index >= 15 is 0 Å². The predicted octanol–water partition coefficient (Wildman–Crippen LogP) is 4.24. The van der Waals surface area contributed by atoms with Gasteiger partial charge in [0.1, 0.15) is 5.75 Å². The fourth-order valence-corrected chi connectivity index (χ4v) is 3.86. The van der Waals surface area contributed by atoms with Gasteiger partial charge in [0.15, 0.2) is 5.16 Å². The van der Waals surface area contributed by atoms with Gasteiger partial charge in [0.25, 0.3) is 0 Å². The predicted molar refractivity (Wildman–Crippen MR) is 108 cm³/mol. The van der Waals surface area contributed by atoms with Crippen LogP contribution in [0, 0.1) is 0 Å². The Kier molecular flexibility index (Phi) is 5.34. The molecule has 0 bridgehead atoms. The molecule has 27 heavy (non-hydrogen) atoms. The van der Waals surface area contributed by atoms with Gasteiger partial charge in [0.2, 0.25) is 5.91 Å². The van der Waals surface area contributed by atoms with Crippen LogP contribution in [0.4, 0.5) is 0 Å². The van der Waals surface area contributed by atoms with E-state index in [9.17, 15) is 4.79 Å². The second kappa shape index (κ2) is 8.05. The number of nitrogens with zero attached hydrogens (tertiary/aromatic N) is 2. The molecule has 0 unspecified atom stereocenters. The van der Waals surface area contributed by atoms with Gasteiger partial charge in [-0.1, -0.05) is 42.1 Å². The number of H-pyrrole nitrogens is 1. The van der Waals surface area contributed by atoms with Crippen LogP contribution in [-0.2, 0) is 11.3 Å². The van der Waals surface area contributed by atoms with Crippen molar-refractivity contribution in [1.82, 2.24) is 14.9 Å². The molecule has 5 nitrogen and oxygen atoms in total. The number of thioether (sulfide) groups is 1. The Morgan fingerprint density at radius 3 is 2.81 bits per heavy atom. The van der Waals surface area contributed by atoms with Crippen LogP contribution in [-0.4, -0.2) is 39.2 Å². The molecular weight excluding hydrogens is 358 g/mol. The van der Waals surface area contributed by atoms with Gasteiger partial charge in [0, 0.05) is 18.7 Å². The van der Waals surface area contributed by atoms with Crippen molar-refractivity contribution in [2.45, 2.75) is 37.5 Å². The number of ether oxygens (including phenoxy) is 1. The number of benzene rings is 2. The Morgan fingerprint density at radius 2 is 2.07 bits per heavy atom. The quantitative estimate of drug-likeness (QED) is 0.593. The molecule has 1 heterocycles. The summed E-state index contributed by atoms with van der Waals surface area (Å²) in [5.41, 5.74) is 2.99. The smallest absolute Gasteiger partial charge is 0.233 e. The average Bonchev–Trinajstić information content (AvgIpc) is 3.44. The van der Waals surface area contributed by atoms with Crippen LogP contribution in [0.25, 0.3) is 11.0 Å². The number of nitrogens with one attached hydrogen (secondary N) is 1. The first-order chi connectivity index (χ1) is 13.2. The highest BCUT2D eigenvalue weighted by Crippen LogP contribution is 2.30. The van der Waals surface area contributed by atoms with Gasteiger partial charge in [-0.25, -0.2) is 4.98 Å². The Balaban J connectivity index is 1.40. The second-order valence-corrected chi connectivity index (χ2v) is 7.65. The zero-order chi connectivity index (χ0) is 18.6. The summed E-state index contributed by atoms with van der Waals surface area (Å²) in [6.45, 7) is 3.28. The van der Waals surface area contributed by atoms with Crippen molar-refractivity contribution in [3.8, 4) is 5.75 Å². The Morgan fingerprint density at radius 1 is 1.26 bits per heavy atom. The molecule has 0 aliphatic heterocycles. The number of fused-ring (bicyclic) bond motifs is 1. The molecule has 6 heteroatoms. The van der Waals surface area contributed by atoms with Crippen LogP contribution in [0.5, 0.6) is 5.75 Å². The molecule has 2 aromatic carbocycles. The van der Waals surface area contributed by atoms with E-state index < -0.39 is 0 Å². The Bertz CT molecular complexity index is 922. The van der Waals surface area contributed by atoms with Crippen molar-refractivity contribution in [3.63, 3.8) is 0 Å². The van der Waals surface area contributed by atoms with E-state index in [1.165, 1.54) is 17.3 Å². The number of hydrogen-bond donors (Lipinski definition) is 1. The number of aromatic nitrogens is 2. The number of carbonyl (C=O) groups is 1. The summed E-state index contributed by atoms with van der Waals surface area (Å²) >= 11 is 1.46. The lowest BCUT2D eigenvalue weighted by molar-refractivity contribution is -0.129. The molecule has 0 radical (unpaired) electrons. The van der Waals surface area contributed by atoms with E-state index in [1.54, 1.807) is 0 Å². The number of imidazole rings is 1. The maximum atomic E-state index is 12.8. The molecule has 0 spiro atoms. The molecule has 4 rings (SSSR count). The topological polar surface area (TPSA) is 58.2 Å².